The molecule has 1 aromatic heterocycles. The predicted molar refractivity (Wildman–Crippen MR) is 77.4 cm³/mol. The minimum atomic E-state index is 0.479. The molecule has 0 aliphatic carbocycles. The summed E-state index contributed by atoms with van der Waals surface area (Å²) in [5.74, 6) is 3.37. The Morgan fingerprint density at radius 1 is 1.56 bits per heavy atom. The summed E-state index contributed by atoms with van der Waals surface area (Å²) in [4.78, 5) is 4.34. The molecule has 4 heteroatoms. The van der Waals surface area contributed by atoms with Crippen molar-refractivity contribution in [3.63, 3.8) is 0 Å². The molecule has 0 fully saturated rings. The third-order valence-electron chi connectivity index (χ3n) is 2.34. The lowest BCUT2D eigenvalue weighted by atomic mass is 10.2. The van der Waals surface area contributed by atoms with E-state index in [1.165, 1.54) is 23.5 Å². The number of rotatable bonds is 6. The van der Waals surface area contributed by atoms with Gasteiger partial charge in [0, 0.05) is 16.7 Å². The first-order chi connectivity index (χ1) is 7.63. The highest BCUT2D eigenvalue weighted by Crippen LogP contribution is 2.18. The van der Waals surface area contributed by atoms with Gasteiger partial charge in [-0.1, -0.05) is 6.92 Å². The van der Waals surface area contributed by atoms with Crippen LogP contribution >= 0.6 is 27.7 Å². The monoisotopic (exact) mass is 302 g/mol. The molecule has 1 rings (SSSR count). The Morgan fingerprint density at radius 2 is 2.31 bits per heavy atom. The molecule has 1 aromatic rings. The van der Waals surface area contributed by atoms with Crippen molar-refractivity contribution in [1.29, 1.82) is 0 Å². The summed E-state index contributed by atoms with van der Waals surface area (Å²) in [7, 11) is 0. The second-order valence-electron chi connectivity index (χ2n) is 3.85. The van der Waals surface area contributed by atoms with Gasteiger partial charge >= 0.3 is 0 Å². The van der Waals surface area contributed by atoms with Crippen molar-refractivity contribution in [3.05, 3.63) is 22.3 Å². The van der Waals surface area contributed by atoms with Gasteiger partial charge in [-0.25, -0.2) is 4.98 Å². The fourth-order valence-corrected chi connectivity index (χ4v) is 2.37. The number of thioether (sulfide) groups is 1. The zero-order valence-electron chi connectivity index (χ0n) is 10.1. The van der Waals surface area contributed by atoms with Crippen molar-refractivity contribution >= 4 is 33.5 Å². The zero-order valence-corrected chi connectivity index (χ0v) is 12.5. The Morgan fingerprint density at radius 3 is 2.94 bits per heavy atom. The summed E-state index contributed by atoms with van der Waals surface area (Å²) < 4.78 is 1.06. The van der Waals surface area contributed by atoms with Crippen molar-refractivity contribution in [1.82, 2.24) is 4.98 Å². The second kappa shape index (κ2) is 7.17. The first-order valence-electron chi connectivity index (χ1n) is 5.60. The summed E-state index contributed by atoms with van der Waals surface area (Å²) in [5, 5.41) is 3.42. The van der Waals surface area contributed by atoms with E-state index in [-0.39, 0.29) is 0 Å². The summed E-state index contributed by atoms with van der Waals surface area (Å²) in [6, 6.07) is 2.56. The van der Waals surface area contributed by atoms with Gasteiger partial charge in [0.1, 0.15) is 5.82 Å². The molecule has 0 saturated carbocycles. The van der Waals surface area contributed by atoms with Gasteiger partial charge < -0.3 is 5.32 Å². The molecule has 1 heterocycles. The molecule has 1 atom stereocenters. The van der Waals surface area contributed by atoms with Crippen LogP contribution in [0.2, 0.25) is 0 Å². The average molecular weight is 303 g/mol. The molecule has 90 valence electrons. The molecule has 0 aliphatic rings. The lowest BCUT2D eigenvalue weighted by molar-refractivity contribution is 0.766. The van der Waals surface area contributed by atoms with E-state index in [0.29, 0.717) is 6.04 Å². The molecule has 0 radical (unpaired) electrons. The normalized spacial score (nSPS) is 12.5. The van der Waals surface area contributed by atoms with Gasteiger partial charge in [-0.3, -0.25) is 0 Å². The van der Waals surface area contributed by atoms with Gasteiger partial charge in [0.2, 0.25) is 0 Å². The highest BCUT2D eigenvalue weighted by atomic mass is 79.9. The number of aromatic nitrogens is 1. The van der Waals surface area contributed by atoms with Crippen molar-refractivity contribution in [2.24, 2.45) is 0 Å². The van der Waals surface area contributed by atoms with Crippen molar-refractivity contribution in [3.8, 4) is 0 Å². The van der Waals surface area contributed by atoms with Crippen LogP contribution in [-0.2, 0) is 0 Å². The van der Waals surface area contributed by atoms with Crippen LogP contribution in [0.15, 0.2) is 16.7 Å². The van der Waals surface area contributed by atoms with Crippen LogP contribution in [0.1, 0.15) is 25.8 Å². The van der Waals surface area contributed by atoms with E-state index >= 15 is 0 Å². The molecule has 1 unspecified atom stereocenters. The SMILES string of the molecule is CCSCCC(C)Nc1cc(C)c(Br)cn1. The van der Waals surface area contributed by atoms with Crippen LogP contribution in [-0.4, -0.2) is 22.5 Å². The van der Waals surface area contributed by atoms with E-state index in [1.807, 2.05) is 18.0 Å². The van der Waals surface area contributed by atoms with E-state index in [1.54, 1.807) is 0 Å². The Bertz CT molecular complexity index is 331. The predicted octanol–water partition coefficient (Wildman–Crippen LogP) is 4.10. The molecular weight excluding hydrogens is 284 g/mol. The van der Waals surface area contributed by atoms with Crippen LogP contribution in [0.4, 0.5) is 5.82 Å². The largest absolute Gasteiger partial charge is 0.368 e. The van der Waals surface area contributed by atoms with E-state index < -0.39 is 0 Å². The molecule has 16 heavy (non-hydrogen) atoms. The number of pyridine rings is 1. The van der Waals surface area contributed by atoms with Crippen LogP contribution in [0.3, 0.4) is 0 Å². The van der Waals surface area contributed by atoms with Gasteiger partial charge in [-0.2, -0.15) is 11.8 Å². The Kier molecular flexibility index (Phi) is 6.21. The molecule has 0 spiro atoms. The molecule has 0 aliphatic heterocycles. The highest BCUT2D eigenvalue weighted by Gasteiger charge is 2.04. The van der Waals surface area contributed by atoms with Gasteiger partial charge in [0.05, 0.1) is 0 Å². The van der Waals surface area contributed by atoms with Crippen LogP contribution in [0, 0.1) is 6.92 Å². The number of halogens is 1. The van der Waals surface area contributed by atoms with Gasteiger partial charge in [0.25, 0.3) is 0 Å². The third-order valence-corrected chi connectivity index (χ3v) is 4.10. The number of aryl methyl sites for hydroxylation is 1. The van der Waals surface area contributed by atoms with E-state index in [4.69, 9.17) is 0 Å². The highest BCUT2D eigenvalue weighted by molar-refractivity contribution is 9.10. The molecule has 1 N–H and O–H groups in total. The van der Waals surface area contributed by atoms with Crippen LogP contribution < -0.4 is 5.32 Å². The number of nitrogens with one attached hydrogen (secondary N) is 1. The summed E-state index contributed by atoms with van der Waals surface area (Å²) in [5.41, 5.74) is 1.22. The van der Waals surface area contributed by atoms with E-state index in [9.17, 15) is 0 Å². The summed E-state index contributed by atoms with van der Waals surface area (Å²) in [6.07, 6.45) is 3.03. The van der Waals surface area contributed by atoms with Crippen molar-refractivity contribution in [2.75, 3.05) is 16.8 Å². The van der Waals surface area contributed by atoms with Gasteiger partial charge in [-0.15, -0.1) is 0 Å². The molecule has 0 aromatic carbocycles. The lowest BCUT2D eigenvalue weighted by Gasteiger charge is -2.14. The lowest BCUT2D eigenvalue weighted by Crippen LogP contribution is -2.16. The smallest absolute Gasteiger partial charge is 0.126 e. The second-order valence-corrected chi connectivity index (χ2v) is 6.10. The number of nitrogens with zero attached hydrogens (tertiary/aromatic N) is 1. The van der Waals surface area contributed by atoms with Crippen molar-refractivity contribution < 1.29 is 0 Å². The molecular formula is C12H19BrN2S. The maximum absolute atomic E-state index is 4.34. The van der Waals surface area contributed by atoms with Crippen LogP contribution in [0.5, 0.6) is 0 Å². The van der Waals surface area contributed by atoms with Gasteiger partial charge in [0.15, 0.2) is 0 Å². The average Bonchev–Trinajstić information content (AvgIpc) is 2.24. The maximum atomic E-state index is 4.34. The van der Waals surface area contributed by atoms with Crippen molar-refractivity contribution in [2.45, 2.75) is 33.2 Å². The first kappa shape index (κ1) is 13.8. The van der Waals surface area contributed by atoms with Crippen LogP contribution in [0.25, 0.3) is 0 Å². The molecule has 0 saturated heterocycles. The molecule has 0 bridgehead atoms. The quantitative estimate of drug-likeness (QED) is 0.801. The number of anilines is 1. The standard InChI is InChI=1S/C12H19BrN2S/c1-4-16-6-5-10(3)15-12-7-9(2)11(13)8-14-12/h7-8,10H,4-6H2,1-3H3,(H,14,15). The molecule has 2 nitrogen and oxygen atoms in total. The van der Waals surface area contributed by atoms with E-state index in [2.05, 4.69) is 53.1 Å². The fourth-order valence-electron chi connectivity index (χ4n) is 1.35. The zero-order chi connectivity index (χ0) is 12.0. The van der Waals surface area contributed by atoms with E-state index in [0.717, 1.165) is 10.3 Å². The number of hydrogen-bond acceptors (Lipinski definition) is 3. The fraction of sp³-hybridized carbons (Fsp3) is 0.583. The topological polar surface area (TPSA) is 24.9 Å². The Hall–Kier alpha value is -0.220. The first-order valence-corrected chi connectivity index (χ1v) is 7.54. The van der Waals surface area contributed by atoms with Gasteiger partial charge in [-0.05, 0) is 59.3 Å². The summed E-state index contributed by atoms with van der Waals surface area (Å²) in [6.45, 7) is 6.48. The maximum Gasteiger partial charge on any atom is 0.126 e. The number of hydrogen-bond donors (Lipinski definition) is 1. The minimum absolute atomic E-state index is 0.479. The molecule has 0 amide bonds. The third kappa shape index (κ3) is 4.74. The Labute approximate surface area is 111 Å². The summed E-state index contributed by atoms with van der Waals surface area (Å²) >= 11 is 5.44. The minimum Gasteiger partial charge on any atom is -0.368 e. The Balaban J connectivity index is 2.43.